The number of halogens is 4. The van der Waals surface area contributed by atoms with Crippen LogP contribution in [0.3, 0.4) is 0 Å². The molecule has 8 nitrogen and oxygen atoms in total. The van der Waals surface area contributed by atoms with E-state index in [4.69, 9.17) is 11.6 Å². The predicted octanol–water partition coefficient (Wildman–Crippen LogP) is 6.21. The molecule has 0 atom stereocenters. The van der Waals surface area contributed by atoms with Crippen molar-refractivity contribution >= 4 is 54.6 Å². The van der Waals surface area contributed by atoms with Crippen molar-refractivity contribution in [3.8, 4) is 0 Å². The Balaban J connectivity index is 1.50. The minimum Gasteiger partial charge on any atom is -0.322 e. The molecule has 14 heteroatoms. The van der Waals surface area contributed by atoms with Gasteiger partial charge >= 0.3 is 6.18 Å². The molecule has 0 aromatic heterocycles. The Bertz CT molecular complexity index is 1770. The van der Waals surface area contributed by atoms with Gasteiger partial charge < -0.3 is 5.32 Å². The zero-order valence-corrected chi connectivity index (χ0v) is 22.5. The summed E-state index contributed by atoms with van der Waals surface area (Å²) in [5, 5.41) is 1.98. The van der Waals surface area contributed by atoms with Gasteiger partial charge in [-0.25, -0.2) is 16.8 Å². The van der Waals surface area contributed by atoms with Gasteiger partial charge in [0.15, 0.2) is 0 Å². The number of sulfonamides is 2. The zero-order valence-electron chi connectivity index (χ0n) is 20.1. The number of hydrogen-bond acceptors (Lipinski definition) is 5. The fourth-order valence-corrected chi connectivity index (χ4v) is 5.88. The average Bonchev–Trinajstić information content (AvgIpc) is 2.90. The fourth-order valence-electron chi connectivity index (χ4n) is 3.51. The highest BCUT2D eigenvalue weighted by atomic mass is 35.5. The number of benzene rings is 4. The van der Waals surface area contributed by atoms with Crippen LogP contribution in [0.25, 0.3) is 0 Å². The van der Waals surface area contributed by atoms with E-state index in [0.717, 1.165) is 24.3 Å². The van der Waals surface area contributed by atoms with Gasteiger partial charge in [-0.3, -0.25) is 14.2 Å². The van der Waals surface area contributed by atoms with Crippen LogP contribution in [0.1, 0.15) is 15.9 Å². The Morgan fingerprint density at radius 3 is 1.88 bits per heavy atom. The van der Waals surface area contributed by atoms with E-state index in [-0.39, 0.29) is 32.4 Å². The normalized spacial score (nSPS) is 12.0. The molecule has 208 valence electrons. The molecule has 0 aliphatic heterocycles. The zero-order chi connectivity index (χ0) is 29.1. The number of carbonyl (C=O) groups excluding carboxylic acids is 1. The van der Waals surface area contributed by atoms with Crippen molar-refractivity contribution in [2.45, 2.75) is 16.0 Å². The van der Waals surface area contributed by atoms with Gasteiger partial charge in [0, 0.05) is 11.4 Å². The first-order chi connectivity index (χ1) is 18.8. The van der Waals surface area contributed by atoms with Crippen LogP contribution in [-0.4, -0.2) is 22.7 Å². The maximum absolute atomic E-state index is 13.1. The van der Waals surface area contributed by atoms with Crippen LogP contribution < -0.4 is 14.8 Å². The number of anilines is 3. The van der Waals surface area contributed by atoms with Gasteiger partial charge in [-0.2, -0.15) is 13.2 Å². The number of para-hydroxylation sites is 1. The van der Waals surface area contributed by atoms with Crippen molar-refractivity contribution in [2.24, 2.45) is 0 Å². The lowest BCUT2D eigenvalue weighted by atomic mass is 10.1. The lowest BCUT2D eigenvalue weighted by Crippen LogP contribution is -2.18. The van der Waals surface area contributed by atoms with Crippen molar-refractivity contribution in [1.82, 2.24) is 0 Å². The molecule has 0 spiro atoms. The van der Waals surface area contributed by atoms with Crippen LogP contribution in [0.5, 0.6) is 0 Å². The number of alkyl halides is 3. The first kappa shape index (κ1) is 28.9. The molecule has 3 N–H and O–H groups in total. The largest absolute Gasteiger partial charge is 0.417 e. The van der Waals surface area contributed by atoms with Gasteiger partial charge in [-0.15, -0.1) is 0 Å². The van der Waals surface area contributed by atoms with Gasteiger partial charge in [0.1, 0.15) is 0 Å². The second kappa shape index (κ2) is 11.2. The van der Waals surface area contributed by atoms with Crippen molar-refractivity contribution < 1.29 is 34.8 Å². The molecular weight excluding hydrogens is 591 g/mol. The van der Waals surface area contributed by atoms with Crippen molar-refractivity contribution in [2.75, 3.05) is 14.8 Å². The third kappa shape index (κ3) is 6.73. The molecule has 0 saturated carbocycles. The number of nitrogens with one attached hydrogen (secondary N) is 3. The molecular formula is C26H19ClF3N3O5S2. The van der Waals surface area contributed by atoms with E-state index in [1.54, 1.807) is 24.3 Å². The lowest BCUT2D eigenvalue weighted by molar-refractivity contribution is -0.137. The van der Waals surface area contributed by atoms with E-state index < -0.39 is 42.7 Å². The molecule has 1 amide bonds. The molecule has 0 fully saturated rings. The van der Waals surface area contributed by atoms with E-state index in [9.17, 15) is 34.8 Å². The smallest absolute Gasteiger partial charge is 0.322 e. The highest BCUT2D eigenvalue weighted by Crippen LogP contribution is 2.36. The Morgan fingerprint density at radius 2 is 1.23 bits per heavy atom. The maximum Gasteiger partial charge on any atom is 0.417 e. The van der Waals surface area contributed by atoms with Gasteiger partial charge in [0.05, 0.1) is 31.6 Å². The number of amides is 1. The first-order valence-electron chi connectivity index (χ1n) is 11.2. The highest BCUT2D eigenvalue weighted by molar-refractivity contribution is 7.93. The molecule has 0 heterocycles. The standard InChI is InChI=1S/C26H19ClF3N3O5S2/c27-23-15-12-18(16-22(23)26(28,29)30)32-39(35,36)20-13-10-17(11-14-20)31-25(34)21-8-4-5-9-24(21)33-40(37,38)19-6-2-1-3-7-19/h1-16,32-33H,(H,31,34). The summed E-state index contributed by atoms with van der Waals surface area (Å²) in [6.45, 7) is 0. The van der Waals surface area contributed by atoms with Gasteiger partial charge in [-0.1, -0.05) is 41.9 Å². The summed E-state index contributed by atoms with van der Waals surface area (Å²) < 4.78 is 94.6. The Labute approximate surface area is 232 Å². The number of rotatable bonds is 8. The van der Waals surface area contributed by atoms with Crippen molar-refractivity contribution in [3.05, 3.63) is 113 Å². The third-order valence-electron chi connectivity index (χ3n) is 5.42. The summed E-state index contributed by atoms with van der Waals surface area (Å²) in [4.78, 5) is 12.7. The molecule has 4 rings (SSSR count). The quantitative estimate of drug-likeness (QED) is 0.219. The van der Waals surface area contributed by atoms with E-state index in [0.29, 0.717) is 6.07 Å². The van der Waals surface area contributed by atoms with Crippen LogP contribution in [-0.2, 0) is 26.2 Å². The molecule has 0 unspecified atom stereocenters. The van der Waals surface area contributed by atoms with Crippen molar-refractivity contribution in [3.63, 3.8) is 0 Å². The van der Waals surface area contributed by atoms with E-state index in [1.165, 1.54) is 42.5 Å². The summed E-state index contributed by atoms with van der Waals surface area (Å²) in [6.07, 6.45) is -4.78. The Kier molecular flexibility index (Phi) is 8.10. The molecule has 0 saturated heterocycles. The predicted molar refractivity (Wildman–Crippen MR) is 145 cm³/mol. The second-order valence-corrected chi connectivity index (χ2v) is 12.0. The van der Waals surface area contributed by atoms with Crippen LogP contribution in [0.2, 0.25) is 5.02 Å². The van der Waals surface area contributed by atoms with Crippen LogP contribution in [0.4, 0.5) is 30.2 Å². The minimum atomic E-state index is -4.78. The third-order valence-corrected chi connectivity index (χ3v) is 8.52. The summed E-state index contributed by atoms with van der Waals surface area (Å²) >= 11 is 5.58. The Hall–Kier alpha value is -4.07. The average molecular weight is 610 g/mol. The first-order valence-corrected chi connectivity index (χ1v) is 14.6. The van der Waals surface area contributed by atoms with Crippen molar-refractivity contribution in [1.29, 1.82) is 0 Å². The molecule has 0 bridgehead atoms. The number of carbonyl (C=O) groups is 1. The monoisotopic (exact) mass is 609 g/mol. The molecule has 0 aliphatic rings. The Morgan fingerprint density at radius 1 is 0.675 bits per heavy atom. The van der Waals surface area contributed by atoms with E-state index in [1.807, 2.05) is 0 Å². The molecule has 40 heavy (non-hydrogen) atoms. The highest BCUT2D eigenvalue weighted by Gasteiger charge is 2.33. The SMILES string of the molecule is O=C(Nc1ccc(S(=O)(=O)Nc2ccc(Cl)c(C(F)(F)F)c2)cc1)c1ccccc1NS(=O)(=O)c1ccccc1. The fraction of sp³-hybridized carbons (Fsp3) is 0.0385. The van der Waals surface area contributed by atoms with Gasteiger partial charge in [-0.05, 0) is 66.7 Å². The molecule has 0 radical (unpaired) electrons. The molecule has 4 aromatic carbocycles. The number of hydrogen-bond donors (Lipinski definition) is 3. The minimum absolute atomic E-state index is 0.00331. The summed E-state index contributed by atoms with van der Waals surface area (Å²) in [5.74, 6) is -0.680. The second-order valence-electron chi connectivity index (χ2n) is 8.24. The van der Waals surface area contributed by atoms with E-state index in [2.05, 4.69) is 14.8 Å². The van der Waals surface area contributed by atoms with Gasteiger partial charge in [0.25, 0.3) is 26.0 Å². The summed E-state index contributed by atoms with van der Waals surface area (Å²) in [5.41, 5.74) is -1.34. The molecule has 0 aliphatic carbocycles. The van der Waals surface area contributed by atoms with Gasteiger partial charge in [0.2, 0.25) is 0 Å². The lowest BCUT2D eigenvalue weighted by Gasteiger charge is -2.14. The van der Waals surface area contributed by atoms with Crippen LogP contribution in [0.15, 0.2) is 107 Å². The van der Waals surface area contributed by atoms with Crippen LogP contribution >= 0.6 is 11.6 Å². The molecule has 4 aromatic rings. The topological polar surface area (TPSA) is 121 Å². The van der Waals surface area contributed by atoms with E-state index >= 15 is 0 Å². The van der Waals surface area contributed by atoms with Crippen LogP contribution in [0, 0.1) is 0 Å². The summed E-state index contributed by atoms with van der Waals surface area (Å²) in [7, 11) is -8.27. The maximum atomic E-state index is 13.1. The summed E-state index contributed by atoms with van der Waals surface area (Å²) in [6, 6.07) is 20.9.